The first kappa shape index (κ1) is 20.2. The molecule has 0 aliphatic carbocycles. The van der Waals surface area contributed by atoms with Gasteiger partial charge in [-0.2, -0.15) is 0 Å². The van der Waals surface area contributed by atoms with Crippen LogP contribution < -0.4 is 15.0 Å². The monoisotopic (exact) mass is 411 g/mol. The summed E-state index contributed by atoms with van der Waals surface area (Å²) < 4.78 is 18.8. The maximum absolute atomic E-state index is 13.9. The standard InChI is InChI=1S/C23H26FN3O3/c1-3-26-19-13-15(22(28)25-16-9-11-20(30-2)18(24)14-16)8-10-17(19)23(29)27-12-6-4-5-7-21(26)27/h8-11,13-14,21H,3-7,12H2,1-2H3,(H,25,28)/t21-/m1/s1. The van der Waals surface area contributed by atoms with Crippen molar-refractivity contribution in [2.24, 2.45) is 0 Å². The number of nitrogens with zero attached hydrogens (tertiary/aromatic N) is 2. The Kier molecular flexibility index (Phi) is 5.61. The fourth-order valence-electron chi connectivity index (χ4n) is 4.39. The van der Waals surface area contributed by atoms with Gasteiger partial charge in [0.15, 0.2) is 11.6 Å². The molecule has 1 fully saturated rings. The SMILES string of the molecule is CCN1c2cc(C(=O)Nc3ccc(OC)c(F)c3)ccc2C(=O)N2CCCCC[C@@H]21. The number of rotatable bonds is 4. The summed E-state index contributed by atoms with van der Waals surface area (Å²) in [5.74, 6) is -0.747. The van der Waals surface area contributed by atoms with Gasteiger partial charge in [-0.1, -0.05) is 6.42 Å². The minimum Gasteiger partial charge on any atom is -0.494 e. The predicted octanol–water partition coefficient (Wildman–Crippen LogP) is 4.27. The first-order chi connectivity index (χ1) is 14.5. The van der Waals surface area contributed by atoms with Crippen molar-refractivity contribution in [2.45, 2.75) is 38.8 Å². The van der Waals surface area contributed by atoms with E-state index in [2.05, 4.69) is 17.1 Å². The average Bonchev–Trinajstić information content (AvgIpc) is 3.00. The summed E-state index contributed by atoms with van der Waals surface area (Å²) in [6.07, 6.45) is 4.20. The van der Waals surface area contributed by atoms with Crippen molar-refractivity contribution in [3.05, 3.63) is 53.3 Å². The summed E-state index contributed by atoms with van der Waals surface area (Å²) in [5, 5.41) is 2.72. The van der Waals surface area contributed by atoms with Crippen LogP contribution in [0.25, 0.3) is 0 Å². The van der Waals surface area contributed by atoms with Crippen LogP contribution >= 0.6 is 0 Å². The lowest BCUT2D eigenvalue weighted by Crippen LogP contribution is -2.55. The van der Waals surface area contributed by atoms with Crippen LogP contribution in [0.3, 0.4) is 0 Å². The molecular formula is C23H26FN3O3. The molecule has 0 aromatic heterocycles. The molecule has 0 bridgehead atoms. The van der Waals surface area contributed by atoms with Gasteiger partial charge in [0.25, 0.3) is 11.8 Å². The number of nitrogens with one attached hydrogen (secondary N) is 1. The molecule has 0 saturated carbocycles. The molecule has 2 aliphatic heterocycles. The van der Waals surface area contributed by atoms with E-state index < -0.39 is 5.82 Å². The molecule has 2 aliphatic rings. The van der Waals surface area contributed by atoms with Crippen molar-refractivity contribution in [3.8, 4) is 5.75 Å². The number of amides is 2. The summed E-state index contributed by atoms with van der Waals surface area (Å²) in [7, 11) is 1.39. The van der Waals surface area contributed by atoms with E-state index in [-0.39, 0.29) is 23.7 Å². The highest BCUT2D eigenvalue weighted by Gasteiger charge is 2.37. The summed E-state index contributed by atoms with van der Waals surface area (Å²) >= 11 is 0. The second kappa shape index (κ2) is 8.34. The fraction of sp³-hybridized carbons (Fsp3) is 0.391. The molecule has 2 amide bonds. The third kappa shape index (κ3) is 3.60. The number of anilines is 2. The van der Waals surface area contributed by atoms with Gasteiger partial charge >= 0.3 is 0 Å². The van der Waals surface area contributed by atoms with Gasteiger partial charge in [-0.25, -0.2) is 4.39 Å². The van der Waals surface area contributed by atoms with Crippen LogP contribution in [0.15, 0.2) is 36.4 Å². The Balaban J connectivity index is 1.63. The molecule has 0 radical (unpaired) electrons. The third-order valence-electron chi connectivity index (χ3n) is 5.89. The highest BCUT2D eigenvalue weighted by Crippen LogP contribution is 2.35. The Morgan fingerprint density at radius 1 is 1.20 bits per heavy atom. The normalized spacial score (nSPS) is 18.4. The molecule has 2 heterocycles. The Morgan fingerprint density at radius 3 is 2.77 bits per heavy atom. The molecule has 4 rings (SSSR count). The Labute approximate surface area is 175 Å². The molecule has 0 spiro atoms. The van der Waals surface area contributed by atoms with E-state index in [1.165, 1.54) is 19.2 Å². The Bertz CT molecular complexity index is 978. The fourth-order valence-corrected chi connectivity index (χ4v) is 4.39. The second-order valence-electron chi connectivity index (χ2n) is 7.65. The van der Waals surface area contributed by atoms with E-state index in [1.54, 1.807) is 24.3 Å². The summed E-state index contributed by atoms with van der Waals surface area (Å²) in [4.78, 5) is 30.1. The van der Waals surface area contributed by atoms with Crippen molar-refractivity contribution >= 4 is 23.2 Å². The molecule has 2 aromatic carbocycles. The van der Waals surface area contributed by atoms with Crippen molar-refractivity contribution < 1.29 is 18.7 Å². The van der Waals surface area contributed by atoms with Crippen molar-refractivity contribution in [3.63, 3.8) is 0 Å². The van der Waals surface area contributed by atoms with Crippen LogP contribution in [0.5, 0.6) is 5.75 Å². The van der Waals surface area contributed by atoms with Gasteiger partial charge < -0.3 is 19.9 Å². The van der Waals surface area contributed by atoms with Gasteiger partial charge in [-0.15, -0.1) is 0 Å². The molecule has 1 saturated heterocycles. The van der Waals surface area contributed by atoms with Crippen molar-refractivity contribution in [1.29, 1.82) is 0 Å². The lowest BCUT2D eigenvalue weighted by molar-refractivity contribution is 0.0656. The number of halogens is 1. The van der Waals surface area contributed by atoms with E-state index >= 15 is 0 Å². The van der Waals surface area contributed by atoms with Gasteiger partial charge in [-0.05, 0) is 56.5 Å². The van der Waals surface area contributed by atoms with E-state index in [9.17, 15) is 14.0 Å². The molecule has 0 unspecified atom stereocenters. The number of carbonyl (C=O) groups excluding carboxylic acids is 2. The zero-order valence-electron chi connectivity index (χ0n) is 17.3. The number of carbonyl (C=O) groups is 2. The second-order valence-corrected chi connectivity index (χ2v) is 7.65. The van der Waals surface area contributed by atoms with E-state index in [0.29, 0.717) is 16.8 Å². The van der Waals surface area contributed by atoms with Crippen LogP contribution in [0.2, 0.25) is 0 Å². The van der Waals surface area contributed by atoms with Gasteiger partial charge in [0.2, 0.25) is 0 Å². The molecule has 6 nitrogen and oxygen atoms in total. The minimum atomic E-state index is -0.544. The number of ether oxygens (including phenoxy) is 1. The number of hydrogen-bond donors (Lipinski definition) is 1. The van der Waals surface area contributed by atoms with Crippen molar-refractivity contribution in [2.75, 3.05) is 30.4 Å². The zero-order chi connectivity index (χ0) is 21.3. The van der Waals surface area contributed by atoms with Crippen LogP contribution in [-0.4, -0.2) is 43.1 Å². The quantitative estimate of drug-likeness (QED) is 0.816. The van der Waals surface area contributed by atoms with Gasteiger partial charge in [0.1, 0.15) is 6.17 Å². The van der Waals surface area contributed by atoms with E-state index in [1.807, 2.05) is 4.90 Å². The largest absolute Gasteiger partial charge is 0.494 e. The molecule has 7 heteroatoms. The summed E-state index contributed by atoms with van der Waals surface area (Å²) in [6.45, 7) is 3.58. The molecule has 30 heavy (non-hydrogen) atoms. The third-order valence-corrected chi connectivity index (χ3v) is 5.89. The van der Waals surface area contributed by atoms with Crippen LogP contribution in [0.4, 0.5) is 15.8 Å². The minimum absolute atomic E-state index is 0.0331. The lowest BCUT2D eigenvalue weighted by atomic mass is 10.0. The number of benzene rings is 2. The van der Waals surface area contributed by atoms with E-state index in [0.717, 1.165) is 44.5 Å². The first-order valence-corrected chi connectivity index (χ1v) is 10.4. The lowest BCUT2D eigenvalue weighted by Gasteiger charge is -2.44. The number of fused-ring (bicyclic) bond motifs is 2. The van der Waals surface area contributed by atoms with Crippen LogP contribution in [-0.2, 0) is 0 Å². The molecular weight excluding hydrogens is 385 g/mol. The van der Waals surface area contributed by atoms with Crippen LogP contribution in [0, 0.1) is 5.82 Å². The van der Waals surface area contributed by atoms with Gasteiger partial charge in [-0.3, -0.25) is 9.59 Å². The predicted molar refractivity (Wildman–Crippen MR) is 114 cm³/mol. The summed E-state index contributed by atoms with van der Waals surface area (Å²) in [6, 6.07) is 9.43. The Morgan fingerprint density at radius 2 is 2.03 bits per heavy atom. The van der Waals surface area contributed by atoms with Crippen molar-refractivity contribution in [1.82, 2.24) is 4.90 Å². The van der Waals surface area contributed by atoms with Gasteiger partial charge in [0.05, 0.1) is 18.4 Å². The average molecular weight is 411 g/mol. The topological polar surface area (TPSA) is 61.9 Å². The molecule has 1 atom stereocenters. The zero-order valence-corrected chi connectivity index (χ0v) is 17.3. The van der Waals surface area contributed by atoms with Crippen LogP contribution in [0.1, 0.15) is 53.3 Å². The molecule has 2 aromatic rings. The maximum atomic E-state index is 13.9. The molecule has 1 N–H and O–H groups in total. The first-order valence-electron chi connectivity index (χ1n) is 10.4. The number of hydrogen-bond acceptors (Lipinski definition) is 4. The highest BCUT2D eigenvalue weighted by molar-refractivity contribution is 6.08. The van der Waals surface area contributed by atoms with Gasteiger partial charge in [0, 0.05) is 30.4 Å². The highest BCUT2D eigenvalue weighted by atomic mass is 19.1. The Hall–Kier alpha value is -3.09. The maximum Gasteiger partial charge on any atom is 0.257 e. The number of methoxy groups -OCH3 is 1. The molecule has 158 valence electrons. The smallest absolute Gasteiger partial charge is 0.257 e. The summed E-state index contributed by atoms with van der Waals surface area (Å²) in [5.41, 5.74) is 2.19. The van der Waals surface area contributed by atoms with E-state index in [4.69, 9.17) is 4.74 Å².